The first-order chi connectivity index (χ1) is 11.1. The van der Waals surface area contributed by atoms with E-state index in [-0.39, 0.29) is 0 Å². The van der Waals surface area contributed by atoms with Crippen LogP contribution in [0.5, 0.6) is 5.88 Å². The van der Waals surface area contributed by atoms with Gasteiger partial charge in [0.2, 0.25) is 5.88 Å². The minimum absolute atomic E-state index is 0.460. The minimum Gasteiger partial charge on any atom is -0.481 e. The number of nitrogens with zero attached hydrogens (tertiary/aromatic N) is 3. The van der Waals surface area contributed by atoms with E-state index in [1.54, 1.807) is 11.8 Å². The second kappa shape index (κ2) is 6.62. The summed E-state index contributed by atoms with van der Waals surface area (Å²) in [4.78, 5) is 2.50. The largest absolute Gasteiger partial charge is 0.481 e. The smallest absolute Gasteiger partial charge is 0.216 e. The molecule has 23 heavy (non-hydrogen) atoms. The third kappa shape index (κ3) is 3.06. The Balaban J connectivity index is 1.60. The summed E-state index contributed by atoms with van der Waals surface area (Å²) in [5.74, 6) is 0.842. The number of fused-ring (bicyclic) bond motifs is 1. The highest BCUT2D eigenvalue weighted by atomic mass is 16.5. The molecular weight excluding hydrogens is 288 g/mol. The van der Waals surface area contributed by atoms with Crippen LogP contribution in [0.3, 0.4) is 0 Å². The van der Waals surface area contributed by atoms with Gasteiger partial charge in [-0.05, 0) is 31.9 Å². The maximum atomic E-state index is 5.45. The quantitative estimate of drug-likeness (QED) is 0.888. The molecule has 124 valence electrons. The summed E-state index contributed by atoms with van der Waals surface area (Å²) in [5, 5.41) is 7.99. The number of rotatable bonds is 6. The number of para-hydroxylation sites is 1. The van der Waals surface area contributed by atoms with Crippen molar-refractivity contribution in [3.8, 4) is 5.88 Å². The molecule has 0 amide bonds. The molecule has 2 aromatic rings. The maximum Gasteiger partial charge on any atom is 0.216 e. The van der Waals surface area contributed by atoms with Crippen molar-refractivity contribution >= 4 is 5.69 Å². The molecule has 2 heterocycles. The summed E-state index contributed by atoms with van der Waals surface area (Å²) in [6.45, 7) is 7.13. The first-order valence-corrected chi connectivity index (χ1v) is 8.23. The molecule has 0 radical (unpaired) electrons. The Bertz CT molecular complexity index is 680. The Kier molecular flexibility index (Phi) is 4.57. The molecule has 1 aromatic heterocycles. The standard InChI is InChI=1S/C18H26N4O/c1-13(22-10-9-15-7-5-6-8-17(15)22)11-19-12-16-14(2)20-21(3)18(16)23-4/h5-8,13,19H,9-12H2,1-4H3/t13-/m1/s1. The fourth-order valence-corrected chi connectivity index (χ4v) is 3.48. The first-order valence-electron chi connectivity index (χ1n) is 8.23. The van der Waals surface area contributed by atoms with Gasteiger partial charge in [-0.1, -0.05) is 18.2 Å². The number of benzene rings is 1. The van der Waals surface area contributed by atoms with Crippen LogP contribution in [0.25, 0.3) is 0 Å². The van der Waals surface area contributed by atoms with E-state index in [4.69, 9.17) is 4.74 Å². The van der Waals surface area contributed by atoms with Gasteiger partial charge in [0.05, 0.1) is 18.4 Å². The van der Waals surface area contributed by atoms with Gasteiger partial charge in [0, 0.05) is 38.4 Å². The van der Waals surface area contributed by atoms with E-state index in [1.807, 2.05) is 14.0 Å². The van der Waals surface area contributed by atoms with Crippen molar-refractivity contribution in [2.75, 3.05) is 25.1 Å². The van der Waals surface area contributed by atoms with Crippen LogP contribution in [-0.2, 0) is 20.0 Å². The molecule has 1 atom stereocenters. The summed E-state index contributed by atoms with van der Waals surface area (Å²) in [6.07, 6.45) is 1.15. The zero-order chi connectivity index (χ0) is 16.4. The predicted octanol–water partition coefficient (Wildman–Crippen LogP) is 2.28. The van der Waals surface area contributed by atoms with Crippen LogP contribution in [-0.4, -0.2) is 36.0 Å². The van der Waals surface area contributed by atoms with Gasteiger partial charge in [0.1, 0.15) is 0 Å². The molecule has 0 unspecified atom stereocenters. The highest BCUT2D eigenvalue weighted by Crippen LogP contribution is 2.29. The average molecular weight is 314 g/mol. The molecule has 1 N–H and O–H groups in total. The Morgan fingerprint density at radius 3 is 2.91 bits per heavy atom. The van der Waals surface area contributed by atoms with E-state index in [0.29, 0.717) is 6.04 Å². The normalized spacial score (nSPS) is 14.9. The molecule has 0 bridgehead atoms. The molecule has 1 aliphatic rings. The Morgan fingerprint density at radius 1 is 1.35 bits per heavy atom. The van der Waals surface area contributed by atoms with Gasteiger partial charge in [0.15, 0.2) is 0 Å². The van der Waals surface area contributed by atoms with E-state index < -0.39 is 0 Å². The second-order valence-electron chi connectivity index (χ2n) is 6.25. The van der Waals surface area contributed by atoms with Gasteiger partial charge in [0.25, 0.3) is 0 Å². The number of aromatic nitrogens is 2. The van der Waals surface area contributed by atoms with Gasteiger partial charge in [-0.25, -0.2) is 4.68 Å². The topological polar surface area (TPSA) is 42.3 Å². The number of methoxy groups -OCH3 is 1. The van der Waals surface area contributed by atoms with Crippen molar-refractivity contribution in [1.29, 1.82) is 0 Å². The van der Waals surface area contributed by atoms with Gasteiger partial charge in [-0.2, -0.15) is 5.10 Å². The van der Waals surface area contributed by atoms with Crippen molar-refractivity contribution in [2.45, 2.75) is 32.9 Å². The molecule has 0 aliphatic carbocycles. The summed E-state index contributed by atoms with van der Waals surface area (Å²) >= 11 is 0. The molecule has 0 spiro atoms. The van der Waals surface area contributed by atoms with Gasteiger partial charge < -0.3 is 15.0 Å². The summed E-state index contributed by atoms with van der Waals surface area (Å²) in [7, 11) is 3.61. The molecule has 5 heteroatoms. The molecule has 0 saturated carbocycles. The number of nitrogens with one attached hydrogen (secondary N) is 1. The lowest BCUT2D eigenvalue weighted by Crippen LogP contribution is -2.39. The van der Waals surface area contributed by atoms with E-state index in [2.05, 4.69) is 46.5 Å². The summed E-state index contributed by atoms with van der Waals surface area (Å²) in [6, 6.07) is 9.18. The van der Waals surface area contributed by atoms with Crippen molar-refractivity contribution in [3.05, 3.63) is 41.1 Å². The monoisotopic (exact) mass is 314 g/mol. The lowest BCUT2D eigenvalue weighted by Gasteiger charge is -2.27. The maximum absolute atomic E-state index is 5.45. The van der Waals surface area contributed by atoms with Gasteiger partial charge >= 0.3 is 0 Å². The van der Waals surface area contributed by atoms with Crippen LogP contribution in [0.1, 0.15) is 23.7 Å². The van der Waals surface area contributed by atoms with Gasteiger partial charge in [-0.3, -0.25) is 0 Å². The Hall–Kier alpha value is -2.01. The van der Waals surface area contributed by atoms with Crippen LogP contribution in [0, 0.1) is 6.92 Å². The van der Waals surface area contributed by atoms with Crippen molar-refractivity contribution in [2.24, 2.45) is 7.05 Å². The number of hydrogen-bond donors (Lipinski definition) is 1. The lowest BCUT2D eigenvalue weighted by molar-refractivity contribution is 0.367. The van der Waals surface area contributed by atoms with Crippen LogP contribution in [0.4, 0.5) is 5.69 Å². The average Bonchev–Trinajstić information content (AvgIpc) is 3.08. The second-order valence-corrected chi connectivity index (χ2v) is 6.25. The fourth-order valence-electron chi connectivity index (χ4n) is 3.48. The summed E-state index contributed by atoms with van der Waals surface area (Å²) in [5.41, 5.74) is 5.01. The Labute approximate surface area is 138 Å². The van der Waals surface area contributed by atoms with Crippen molar-refractivity contribution < 1.29 is 4.74 Å². The number of aryl methyl sites for hydroxylation is 2. The summed E-state index contributed by atoms with van der Waals surface area (Å²) < 4.78 is 7.25. The lowest BCUT2D eigenvalue weighted by atomic mass is 10.1. The van der Waals surface area contributed by atoms with Crippen molar-refractivity contribution in [1.82, 2.24) is 15.1 Å². The van der Waals surface area contributed by atoms with Crippen LogP contribution >= 0.6 is 0 Å². The molecule has 1 aromatic carbocycles. The SMILES string of the molecule is COc1c(CNC[C@@H](C)N2CCc3ccccc32)c(C)nn1C. The van der Waals surface area contributed by atoms with E-state index in [9.17, 15) is 0 Å². The van der Waals surface area contributed by atoms with Crippen LogP contribution in [0.2, 0.25) is 0 Å². The van der Waals surface area contributed by atoms with Gasteiger partial charge in [-0.15, -0.1) is 0 Å². The van der Waals surface area contributed by atoms with Crippen LogP contribution < -0.4 is 15.0 Å². The van der Waals surface area contributed by atoms with Crippen molar-refractivity contribution in [3.63, 3.8) is 0 Å². The molecular formula is C18H26N4O. The third-order valence-corrected chi connectivity index (χ3v) is 4.68. The molecule has 1 aliphatic heterocycles. The fraction of sp³-hybridized carbons (Fsp3) is 0.500. The zero-order valence-corrected chi connectivity index (χ0v) is 14.5. The number of hydrogen-bond acceptors (Lipinski definition) is 4. The van der Waals surface area contributed by atoms with E-state index >= 15 is 0 Å². The molecule has 0 fully saturated rings. The number of ether oxygens (including phenoxy) is 1. The van der Waals surface area contributed by atoms with Crippen LogP contribution in [0.15, 0.2) is 24.3 Å². The number of anilines is 1. The highest BCUT2D eigenvalue weighted by molar-refractivity contribution is 5.58. The predicted molar refractivity (Wildman–Crippen MR) is 93.2 cm³/mol. The minimum atomic E-state index is 0.460. The molecule has 5 nitrogen and oxygen atoms in total. The Morgan fingerprint density at radius 2 is 2.13 bits per heavy atom. The molecule has 3 rings (SSSR count). The molecule has 0 saturated heterocycles. The van der Waals surface area contributed by atoms with E-state index in [0.717, 1.165) is 43.2 Å². The first kappa shape index (κ1) is 15.9. The third-order valence-electron chi connectivity index (χ3n) is 4.68. The zero-order valence-electron chi connectivity index (χ0n) is 14.5. The van der Waals surface area contributed by atoms with E-state index in [1.165, 1.54) is 11.3 Å². The highest BCUT2D eigenvalue weighted by Gasteiger charge is 2.22.